The van der Waals surface area contributed by atoms with Gasteiger partial charge in [-0.1, -0.05) is 30.5 Å². The van der Waals surface area contributed by atoms with Crippen LogP contribution in [0.2, 0.25) is 0 Å². The minimum Gasteiger partial charge on any atom is -0.367 e. The van der Waals surface area contributed by atoms with Gasteiger partial charge < -0.3 is 10.3 Å². The molecule has 2 aromatic heterocycles. The molecular weight excluding hydrogens is 214 g/mol. The third-order valence-electron chi connectivity index (χ3n) is 3.42. The van der Waals surface area contributed by atoms with Gasteiger partial charge in [0.25, 0.3) is 0 Å². The number of nitrogen functional groups attached to an aromatic ring is 1. The van der Waals surface area contributed by atoms with Crippen molar-refractivity contribution in [1.82, 2.24) is 10.1 Å². The van der Waals surface area contributed by atoms with E-state index in [1.54, 1.807) is 6.20 Å². The van der Waals surface area contributed by atoms with Crippen molar-refractivity contribution in [1.29, 1.82) is 0 Å². The maximum Gasteiger partial charge on any atom is 0.231 e. The van der Waals surface area contributed by atoms with Gasteiger partial charge in [-0.2, -0.15) is 0 Å². The summed E-state index contributed by atoms with van der Waals surface area (Å²) in [7, 11) is 0. The zero-order chi connectivity index (χ0) is 11.7. The standard InChI is InChI=1S/C13H15N3O/c14-13-12(10-6-1-2-7-15-10)11(16-17-13)8-9-4-3-5-9/h1-2,6-7,9H,3-5,8,14H2. The molecule has 0 aliphatic heterocycles. The molecule has 2 heterocycles. The Morgan fingerprint density at radius 3 is 2.88 bits per heavy atom. The predicted octanol–water partition coefficient (Wildman–Crippen LogP) is 2.66. The van der Waals surface area contributed by atoms with E-state index in [1.165, 1.54) is 19.3 Å². The SMILES string of the molecule is Nc1onc(CC2CCC2)c1-c1ccccn1. The molecule has 0 bridgehead atoms. The van der Waals surface area contributed by atoms with E-state index in [9.17, 15) is 0 Å². The lowest BCUT2D eigenvalue weighted by molar-refractivity contribution is 0.306. The molecule has 0 spiro atoms. The highest BCUT2D eigenvalue weighted by molar-refractivity contribution is 5.71. The molecule has 0 radical (unpaired) electrons. The van der Waals surface area contributed by atoms with Gasteiger partial charge in [0.2, 0.25) is 5.88 Å². The first-order chi connectivity index (χ1) is 8.34. The van der Waals surface area contributed by atoms with Crippen LogP contribution in [0.1, 0.15) is 25.0 Å². The van der Waals surface area contributed by atoms with Crippen LogP contribution >= 0.6 is 0 Å². The van der Waals surface area contributed by atoms with Gasteiger partial charge >= 0.3 is 0 Å². The quantitative estimate of drug-likeness (QED) is 0.878. The van der Waals surface area contributed by atoms with Crippen LogP contribution in [0.3, 0.4) is 0 Å². The van der Waals surface area contributed by atoms with Crippen LogP contribution in [0.5, 0.6) is 0 Å². The van der Waals surface area contributed by atoms with Crippen LogP contribution in [0.15, 0.2) is 28.9 Å². The maximum atomic E-state index is 5.84. The van der Waals surface area contributed by atoms with E-state index in [4.69, 9.17) is 10.3 Å². The van der Waals surface area contributed by atoms with Crippen LogP contribution < -0.4 is 5.73 Å². The summed E-state index contributed by atoms with van der Waals surface area (Å²) in [6.07, 6.45) is 6.61. The molecule has 0 atom stereocenters. The Hall–Kier alpha value is -1.84. The van der Waals surface area contributed by atoms with E-state index in [0.717, 1.165) is 29.3 Å². The molecule has 4 heteroatoms. The van der Waals surface area contributed by atoms with Crippen LogP contribution in [0.25, 0.3) is 11.3 Å². The van der Waals surface area contributed by atoms with Crippen molar-refractivity contribution in [2.75, 3.05) is 5.73 Å². The number of hydrogen-bond acceptors (Lipinski definition) is 4. The molecule has 1 saturated carbocycles. The second kappa shape index (κ2) is 4.20. The van der Waals surface area contributed by atoms with Crippen molar-refractivity contribution in [3.8, 4) is 11.3 Å². The van der Waals surface area contributed by atoms with Gasteiger partial charge in [0.05, 0.1) is 17.0 Å². The first kappa shape index (κ1) is 10.3. The summed E-state index contributed by atoms with van der Waals surface area (Å²) in [6.45, 7) is 0. The second-order valence-corrected chi connectivity index (χ2v) is 4.58. The van der Waals surface area contributed by atoms with E-state index in [-0.39, 0.29) is 0 Å². The number of nitrogens with zero attached hydrogens (tertiary/aromatic N) is 2. The predicted molar refractivity (Wildman–Crippen MR) is 65.2 cm³/mol. The summed E-state index contributed by atoms with van der Waals surface area (Å²) in [5.74, 6) is 1.11. The minimum atomic E-state index is 0.373. The average Bonchev–Trinajstić information content (AvgIpc) is 2.66. The number of hydrogen-bond donors (Lipinski definition) is 1. The molecule has 17 heavy (non-hydrogen) atoms. The largest absolute Gasteiger partial charge is 0.367 e. The molecule has 1 aliphatic rings. The summed E-state index contributed by atoms with van der Waals surface area (Å²) in [5.41, 5.74) is 8.51. The summed E-state index contributed by atoms with van der Waals surface area (Å²) in [5, 5.41) is 4.07. The number of anilines is 1. The number of pyridine rings is 1. The van der Waals surface area contributed by atoms with Crippen molar-refractivity contribution in [3.63, 3.8) is 0 Å². The molecule has 1 aliphatic carbocycles. The van der Waals surface area contributed by atoms with Gasteiger partial charge in [-0.05, 0) is 24.5 Å². The van der Waals surface area contributed by atoms with Crippen molar-refractivity contribution in [2.24, 2.45) is 5.92 Å². The zero-order valence-corrected chi connectivity index (χ0v) is 9.60. The normalized spacial score (nSPS) is 15.8. The maximum absolute atomic E-state index is 5.84. The monoisotopic (exact) mass is 229 g/mol. The fourth-order valence-corrected chi connectivity index (χ4v) is 2.23. The summed E-state index contributed by atoms with van der Waals surface area (Å²) >= 11 is 0. The molecule has 2 N–H and O–H groups in total. The lowest BCUT2D eigenvalue weighted by Crippen LogP contribution is -2.14. The smallest absolute Gasteiger partial charge is 0.231 e. The van der Waals surface area contributed by atoms with Gasteiger partial charge in [0.1, 0.15) is 0 Å². The molecule has 0 amide bonds. The Bertz CT molecular complexity index is 503. The minimum absolute atomic E-state index is 0.373. The summed E-state index contributed by atoms with van der Waals surface area (Å²) in [6, 6.07) is 5.77. The Balaban J connectivity index is 1.94. The highest BCUT2D eigenvalue weighted by Crippen LogP contribution is 2.34. The lowest BCUT2D eigenvalue weighted by Gasteiger charge is -2.24. The third-order valence-corrected chi connectivity index (χ3v) is 3.42. The zero-order valence-electron chi connectivity index (χ0n) is 9.60. The van der Waals surface area contributed by atoms with Crippen LogP contribution in [0.4, 0.5) is 5.88 Å². The molecule has 1 fully saturated rings. The topological polar surface area (TPSA) is 64.9 Å². The Morgan fingerprint density at radius 2 is 2.24 bits per heavy atom. The first-order valence-corrected chi connectivity index (χ1v) is 6.00. The third kappa shape index (κ3) is 1.90. The van der Waals surface area contributed by atoms with Crippen LogP contribution in [-0.2, 0) is 6.42 Å². The Labute approximate surface area is 99.8 Å². The van der Waals surface area contributed by atoms with Crippen LogP contribution in [-0.4, -0.2) is 10.1 Å². The molecule has 4 nitrogen and oxygen atoms in total. The van der Waals surface area contributed by atoms with Crippen molar-refractivity contribution in [2.45, 2.75) is 25.7 Å². The van der Waals surface area contributed by atoms with E-state index < -0.39 is 0 Å². The van der Waals surface area contributed by atoms with E-state index in [1.807, 2.05) is 18.2 Å². The average molecular weight is 229 g/mol. The summed E-state index contributed by atoms with van der Waals surface area (Å²) < 4.78 is 5.11. The van der Waals surface area contributed by atoms with E-state index >= 15 is 0 Å². The molecular formula is C13H15N3O. The lowest BCUT2D eigenvalue weighted by atomic mass is 9.81. The van der Waals surface area contributed by atoms with Gasteiger partial charge in [0, 0.05) is 6.20 Å². The fraction of sp³-hybridized carbons (Fsp3) is 0.385. The molecule has 0 saturated heterocycles. The van der Waals surface area contributed by atoms with Crippen molar-refractivity contribution in [3.05, 3.63) is 30.1 Å². The number of aromatic nitrogens is 2. The molecule has 3 rings (SSSR count). The summed E-state index contributed by atoms with van der Waals surface area (Å²) in [4.78, 5) is 4.31. The molecule has 0 aromatic carbocycles. The molecule has 0 unspecified atom stereocenters. The van der Waals surface area contributed by atoms with Gasteiger partial charge in [-0.3, -0.25) is 4.98 Å². The van der Waals surface area contributed by atoms with Gasteiger partial charge in [-0.15, -0.1) is 0 Å². The highest BCUT2D eigenvalue weighted by Gasteiger charge is 2.23. The van der Waals surface area contributed by atoms with Crippen molar-refractivity contribution < 1.29 is 4.52 Å². The number of nitrogens with two attached hydrogens (primary N) is 1. The fourth-order valence-electron chi connectivity index (χ4n) is 2.23. The molecule has 2 aromatic rings. The van der Waals surface area contributed by atoms with Gasteiger partial charge in [-0.25, -0.2) is 0 Å². The first-order valence-electron chi connectivity index (χ1n) is 6.00. The number of rotatable bonds is 3. The van der Waals surface area contributed by atoms with Crippen molar-refractivity contribution >= 4 is 5.88 Å². The highest BCUT2D eigenvalue weighted by atomic mass is 16.5. The van der Waals surface area contributed by atoms with Gasteiger partial charge in [0.15, 0.2) is 0 Å². The second-order valence-electron chi connectivity index (χ2n) is 4.58. The van der Waals surface area contributed by atoms with E-state index in [0.29, 0.717) is 5.88 Å². The molecule has 88 valence electrons. The van der Waals surface area contributed by atoms with Crippen LogP contribution in [0, 0.1) is 5.92 Å². The van der Waals surface area contributed by atoms with E-state index in [2.05, 4.69) is 10.1 Å². The Morgan fingerprint density at radius 1 is 1.35 bits per heavy atom. The Kier molecular flexibility index (Phi) is 2.55.